The van der Waals surface area contributed by atoms with Crippen LogP contribution in [0.2, 0.25) is 0 Å². The lowest BCUT2D eigenvalue weighted by molar-refractivity contribution is 0.0158. The SMILES string of the molecule is CC(CCCNC(=O)n1ccnc1)(CCCNC(=O)n1ccnc1)NC(=O)NCCOCCOCCOCCNC(=O)OCc1ccccc1. The number of nitrogens with one attached hydrogen (secondary N) is 5. The Morgan fingerprint density at radius 1 is 0.680 bits per heavy atom. The third-order valence-corrected chi connectivity index (χ3v) is 7.26. The number of rotatable bonds is 23. The van der Waals surface area contributed by atoms with E-state index < -0.39 is 11.6 Å². The van der Waals surface area contributed by atoms with Gasteiger partial charge in [-0.3, -0.25) is 9.13 Å². The van der Waals surface area contributed by atoms with Crippen LogP contribution in [0.4, 0.5) is 19.2 Å². The molecule has 2 aromatic heterocycles. The van der Waals surface area contributed by atoms with E-state index in [9.17, 15) is 19.2 Å². The highest BCUT2D eigenvalue weighted by atomic mass is 16.6. The summed E-state index contributed by atoms with van der Waals surface area (Å²) in [5.41, 5.74) is 0.320. The highest BCUT2D eigenvalue weighted by Gasteiger charge is 2.26. The number of carbonyl (C=O) groups is 4. The molecule has 0 aliphatic rings. The summed E-state index contributed by atoms with van der Waals surface area (Å²) >= 11 is 0. The van der Waals surface area contributed by atoms with Crippen LogP contribution in [0.15, 0.2) is 67.8 Å². The molecule has 1 aromatic carbocycles. The molecule has 0 bridgehead atoms. The zero-order chi connectivity index (χ0) is 35.7. The molecule has 17 heteroatoms. The van der Waals surface area contributed by atoms with Crippen LogP contribution in [0.25, 0.3) is 0 Å². The van der Waals surface area contributed by atoms with Crippen molar-refractivity contribution in [3.05, 3.63) is 73.3 Å². The second-order valence-corrected chi connectivity index (χ2v) is 11.4. The lowest BCUT2D eigenvalue weighted by Gasteiger charge is -2.31. The molecule has 2 heterocycles. The van der Waals surface area contributed by atoms with E-state index in [2.05, 4.69) is 36.6 Å². The number of ether oxygens (including phenoxy) is 4. The number of alkyl carbamates (subject to hydrolysis) is 1. The number of hydrogen-bond donors (Lipinski definition) is 5. The topological polar surface area (TPSA) is 201 Å². The number of hydrogen-bond acceptors (Lipinski definition) is 10. The van der Waals surface area contributed by atoms with Gasteiger partial charge in [-0.1, -0.05) is 30.3 Å². The summed E-state index contributed by atoms with van der Waals surface area (Å²) in [4.78, 5) is 56.6. The van der Waals surface area contributed by atoms with Crippen LogP contribution in [0.5, 0.6) is 0 Å². The van der Waals surface area contributed by atoms with Gasteiger partial charge in [0.2, 0.25) is 0 Å². The average Bonchev–Trinajstić information content (AvgIpc) is 3.86. The highest BCUT2D eigenvalue weighted by molar-refractivity contribution is 5.77. The fraction of sp³-hybridized carbons (Fsp3) is 0.515. The minimum atomic E-state index is -0.595. The predicted molar refractivity (Wildman–Crippen MR) is 183 cm³/mol. The molecule has 5 amide bonds. The Kier molecular flexibility index (Phi) is 18.4. The van der Waals surface area contributed by atoms with Gasteiger partial charge in [0.25, 0.3) is 0 Å². The monoisotopic (exact) mass is 699 g/mol. The number of carbonyl (C=O) groups excluding carboxylic acids is 4. The minimum Gasteiger partial charge on any atom is -0.445 e. The molecule has 5 N–H and O–H groups in total. The number of urea groups is 1. The van der Waals surface area contributed by atoms with Gasteiger partial charge >= 0.3 is 24.2 Å². The molecule has 0 fully saturated rings. The molecule has 0 saturated carbocycles. The van der Waals surface area contributed by atoms with Gasteiger partial charge in [0.15, 0.2) is 0 Å². The summed E-state index contributed by atoms with van der Waals surface area (Å²) < 4.78 is 24.3. The molecule has 0 unspecified atom stereocenters. The van der Waals surface area contributed by atoms with Crippen LogP contribution in [-0.2, 0) is 25.6 Å². The molecular weight excluding hydrogens is 650 g/mol. The summed E-state index contributed by atoms with van der Waals surface area (Å²) in [5, 5.41) is 14.2. The van der Waals surface area contributed by atoms with E-state index in [1.54, 1.807) is 12.4 Å². The summed E-state index contributed by atoms with van der Waals surface area (Å²) in [7, 11) is 0. The van der Waals surface area contributed by atoms with Gasteiger partial charge in [-0.15, -0.1) is 0 Å². The smallest absolute Gasteiger partial charge is 0.407 e. The number of aromatic nitrogens is 4. The lowest BCUT2D eigenvalue weighted by atomic mass is 9.90. The van der Waals surface area contributed by atoms with Gasteiger partial charge in [-0.05, 0) is 38.2 Å². The van der Waals surface area contributed by atoms with Gasteiger partial charge in [0.05, 0.1) is 39.6 Å². The summed E-state index contributed by atoms with van der Waals surface area (Å²) in [5.74, 6) is 0. The van der Waals surface area contributed by atoms with Gasteiger partial charge in [0.1, 0.15) is 19.3 Å². The van der Waals surface area contributed by atoms with Crippen LogP contribution in [-0.4, -0.2) is 115 Å². The standard InChI is InChI=1S/C33H49N9O8/c1-33(9-5-11-37-30(44)41-17-13-34-26-41,10-6-12-38-31(45)42-18-14-35-27-42)40-29(43)36-15-19-47-21-23-49-24-22-48-20-16-39-32(46)50-25-28-7-3-2-4-8-28/h2-4,7-8,13-14,17-18,26-27H,5-6,9-12,15-16,19-25H2,1H3,(H,37,44)(H,38,45)(H,39,46)(H2,36,40,43). The van der Waals surface area contributed by atoms with E-state index in [0.717, 1.165) is 5.56 Å². The second-order valence-electron chi connectivity index (χ2n) is 11.4. The van der Waals surface area contributed by atoms with Crippen molar-refractivity contribution < 1.29 is 38.1 Å². The lowest BCUT2D eigenvalue weighted by Crippen LogP contribution is -2.51. The van der Waals surface area contributed by atoms with Crippen LogP contribution in [0, 0.1) is 0 Å². The van der Waals surface area contributed by atoms with E-state index in [0.29, 0.717) is 91.5 Å². The average molecular weight is 700 g/mol. The van der Waals surface area contributed by atoms with Gasteiger partial charge in [-0.25, -0.2) is 29.1 Å². The molecule has 3 aromatic rings. The number of imidazole rings is 2. The Hall–Kier alpha value is -5.00. The zero-order valence-electron chi connectivity index (χ0n) is 28.5. The maximum Gasteiger partial charge on any atom is 0.407 e. The first kappa shape index (κ1) is 39.4. The molecule has 0 aliphatic carbocycles. The van der Waals surface area contributed by atoms with Crippen molar-refractivity contribution in [2.24, 2.45) is 0 Å². The molecule has 0 atom stereocenters. The highest BCUT2D eigenvalue weighted by Crippen LogP contribution is 2.19. The summed E-state index contributed by atoms with van der Waals surface area (Å²) in [6.45, 7) is 5.71. The Morgan fingerprint density at radius 2 is 1.20 bits per heavy atom. The molecule has 274 valence electrons. The first-order chi connectivity index (χ1) is 24.3. The quantitative estimate of drug-likeness (QED) is 0.0916. The first-order valence-corrected chi connectivity index (χ1v) is 16.6. The van der Waals surface area contributed by atoms with Crippen molar-refractivity contribution in [3.8, 4) is 0 Å². The third-order valence-electron chi connectivity index (χ3n) is 7.26. The summed E-state index contributed by atoms with van der Waals surface area (Å²) in [6, 6.07) is 8.54. The maximum atomic E-state index is 12.8. The molecule has 3 rings (SSSR count). The Labute approximate surface area is 291 Å². The molecule has 50 heavy (non-hydrogen) atoms. The minimum absolute atomic E-state index is 0.210. The third kappa shape index (κ3) is 16.9. The van der Waals surface area contributed by atoms with E-state index in [1.165, 1.54) is 34.2 Å². The van der Waals surface area contributed by atoms with Crippen LogP contribution in [0.1, 0.15) is 38.2 Å². The predicted octanol–water partition coefficient (Wildman–Crippen LogP) is 2.49. The largest absolute Gasteiger partial charge is 0.445 e. The van der Waals surface area contributed by atoms with Crippen LogP contribution >= 0.6 is 0 Å². The summed E-state index contributed by atoms with van der Waals surface area (Å²) in [6.07, 6.45) is 11.0. The van der Waals surface area contributed by atoms with Crippen LogP contribution < -0.4 is 26.6 Å². The van der Waals surface area contributed by atoms with Crippen molar-refractivity contribution in [3.63, 3.8) is 0 Å². The Balaban J connectivity index is 1.21. The van der Waals surface area contributed by atoms with Crippen molar-refractivity contribution in [2.45, 2.75) is 44.8 Å². The molecule has 0 spiro atoms. The van der Waals surface area contributed by atoms with Crippen molar-refractivity contribution in [1.82, 2.24) is 45.7 Å². The van der Waals surface area contributed by atoms with E-state index >= 15 is 0 Å². The molecule has 0 aliphatic heterocycles. The van der Waals surface area contributed by atoms with Crippen molar-refractivity contribution >= 4 is 24.2 Å². The van der Waals surface area contributed by atoms with Crippen molar-refractivity contribution in [2.75, 3.05) is 65.8 Å². The molecular formula is C33H49N9O8. The van der Waals surface area contributed by atoms with Gasteiger partial charge in [0, 0.05) is 56.5 Å². The second kappa shape index (κ2) is 23.4. The van der Waals surface area contributed by atoms with E-state index in [1.807, 2.05) is 37.3 Å². The maximum absolute atomic E-state index is 12.8. The Bertz CT molecular complexity index is 1320. The normalized spacial score (nSPS) is 11.1. The molecule has 17 nitrogen and oxygen atoms in total. The van der Waals surface area contributed by atoms with Gasteiger partial charge < -0.3 is 45.5 Å². The fourth-order valence-corrected chi connectivity index (χ4v) is 4.64. The molecule has 0 radical (unpaired) electrons. The zero-order valence-corrected chi connectivity index (χ0v) is 28.5. The van der Waals surface area contributed by atoms with Crippen LogP contribution in [0.3, 0.4) is 0 Å². The van der Waals surface area contributed by atoms with Crippen molar-refractivity contribution in [1.29, 1.82) is 0 Å². The first-order valence-electron chi connectivity index (χ1n) is 16.6. The number of amides is 5. The molecule has 0 saturated heterocycles. The number of benzene rings is 1. The van der Waals surface area contributed by atoms with E-state index in [-0.39, 0.29) is 24.7 Å². The van der Waals surface area contributed by atoms with E-state index in [4.69, 9.17) is 18.9 Å². The van der Waals surface area contributed by atoms with Gasteiger partial charge in [-0.2, -0.15) is 0 Å². The number of nitrogens with zero attached hydrogens (tertiary/aromatic N) is 4. The fourth-order valence-electron chi connectivity index (χ4n) is 4.64. The Morgan fingerprint density at radius 3 is 1.72 bits per heavy atom.